The summed E-state index contributed by atoms with van der Waals surface area (Å²) in [7, 11) is -3.40. The fraction of sp³-hybridized carbons (Fsp3) is 0.125. The van der Waals surface area contributed by atoms with E-state index in [0.29, 0.717) is 0 Å². The van der Waals surface area contributed by atoms with Crippen LogP contribution in [0.25, 0.3) is 0 Å². The highest BCUT2D eigenvalue weighted by molar-refractivity contribution is 7.90. The number of sulfone groups is 1. The van der Waals surface area contributed by atoms with Gasteiger partial charge in [0.1, 0.15) is 5.75 Å². The standard InChI is InChI=1S/C8H7ClO4S/c1-14(12,13)5-2-3-7(10)6(4-5)8(9)11/h2-4,10H,1H3. The Balaban J connectivity index is 3.42. The topological polar surface area (TPSA) is 71.4 Å². The molecule has 0 bridgehead atoms. The van der Waals surface area contributed by atoms with E-state index in [9.17, 15) is 18.3 Å². The molecule has 0 aliphatic rings. The molecule has 6 heteroatoms. The molecule has 76 valence electrons. The van der Waals surface area contributed by atoms with Gasteiger partial charge >= 0.3 is 0 Å². The predicted molar refractivity (Wildman–Crippen MR) is 51.4 cm³/mol. The number of phenolic OH excluding ortho intramolecular Hbond substituents is 1. The molecular formula is C8H7ClO4S. The summed E-state index contributed by atoms with van der Waals surface area (Å²) < 4.78 is 22.2. The van der Waals surface area contributed by atoms with Crippen molar-refractivity contribution in [3.63, 3.8) is 0 Å². The van der Waals surface area contributed by atoms with E-state index in [4.69, 9.17) is 11.6 Å². The number of phenols is 1. The van der Waals surface area contributed by atoms with Crippen molar-refractivity contribution in [2.75, 3.05) is 6.26 Å². The maximum absolute atomic E-state index is 11.1. The molecule has 0 aliphatic carbocycles. The van der Waals surface area contributed by atoms with E-state index in [2.05, 4.69) is 0 Å². The van der Waals surface area contributed by atoms with Crippen molar-refractivity contribution in [2.24, 2.45) is 0 Å². The number of rotatable bonds is 2. The van der Waals surface area contributed by atoms with Crippen molar-refractivity contribution in [1.82, 2.24) is 0 Å². The predicted octanol–water partition coefficient (Wildman–Crippen LogP) is 1.17. The van der Waals surface area contributed by atoms with E-state index in [1.165, 1.54) is 6.07 Å². The third kappa shape index (κ3) is 2.24. The van der Waals surface area contributed by atoms with Gasteiger partial charge in [0.05, 0.1) is 10.5 Å². The SMILES string of the molecule is CS(=O)(=O)c1ccc(O)c(C(=O)Cl)c1. The molecule has 0 amide bonds. The second kappa shape index (κ2) is 3.59. The summed E-state index contributed by atoms with van der Waals surface area (Å²) in [6, 6.07) is 3.36. The number of hydrogen-bond acceptors (Lipinski definition) is 4. The van der Waals surface area contributed by atoms with E-state index < -0.39 is 15.1 Å². The number of benzene rings is 1. The number of halogens is 1. The lowest BCUT2D eigenvalue weighted by Gasteiger charge is -2.02. The van der Waals surface area contributed by atoms with Gasteiger partial charge < -0.3 is 5.11 Å². The van der Waals surface area contributed by atoms with Crippen molar-refractivity contribution in [3.8, 4) is 5.75 Å². The molecule has 1 rings (SSSR count). The van der Waals surface area contributed by atoms with Gasteiger partial charge in [0.25, 0.3) is 5.24 Å². The Morgan fingerprint density at radius 1 is 1.43 bits per heavy atom. The quantitative estimate of drug-likeness (QED) is 0.780. The molecule has 0 fully saturated rings. The Bertz CT molecular complexity index is 478. The Labute approximate surface area is 86.0 Å². The molecule has 0 aromatic heterocycles. The average molecular weight is 235 g/mol. The smallest absolute Gasteiger partial charge is 0.256 e. The molecule has 14 heavy (non-hydrogen) atoms. The first kappa shape index (κ1) is 11.0. The minimum atomic E-state index is -3.40. The van der Waals surface area contributed by atoms with Gasteiger partial charge in [-0.15, -0.1) is 0 Å². The molecule has 1 aromatic carbocycles. The highest BCUT2D eigenvalue weighted by atomic mass is 35.5. The van der Waals surface area contributed by atoms with Crippen LogP contribution in [-0.2, 0) is 9.84 Å². The minimum Gasteiger partial charge on any atom is -0.507 e. The van der Waals surface area contributed by atoms with Crippen molar-refractivity contribution < 1.29 is 18.3 Å². The lowest BCUT2D eigenvalue weighted by atomic mass is 10.2. The Morgan fingerprint density at radius 3 is 2.43 bits per heavy atom. The van der Waals surface area contributed by atoms with E-state index in [1.54, 1.807) is 0 Å². The Hall–Kier alpha value is -1.07. The van der Waals surface area contributed by atoms with Gasteiger partial charge in [-0.1, -0.05) is 0 Å². The Morgan fingerprint density at radius 2 is 2.00 bits per heavy atom. The molecule has 0 radical (unpaired) electrons. The zero-order chi connectivity index (χ0) is 10.9. The van der Waals surface area contributed by atoms with Gasteiger partial charge in [-0.25, -0.2) is 8.42 Å². The molecule has 0 unspecified atom stereocenters. The van der Waals surface area contributed by atoms with E-state index in [-0.39, 0.29) is 16.2 Å². The zero-order valence-electron chi connectivity index (χ0n) is 7.19. The molecule has 0 heterocycles. The van der Waals surface area contributed by atoms with Crippen LogP contribution in [0.4, 0.5) is 0 Å². The summed E-state index contributed by atoms with van der Waals surface area (Å²) in [4.78, 5) is 10.7. The second-order valence-electron chi connectivity index (χ2n) is 2.72. The third-order valence-corrected chi connectivity index (χ3v) is 2.92. The molecule has 1 aromatic rings. The maximum atomic E-state index is 11.1. The molecule has 0 saturated carbocycles. The number of carbonyl (C=O) groups is 1. The molecule has 0 aliphatic heterocycles. The van der Waals surface area contributed by atoms with Crippen molar-refractivity contribution in [1.29, 1.82) is 0 Å². The van der Waals surface area contributed by atoms with Crippen LogP contribution in [0.1, 0.15) is 10.4 Å². The molecule has 4 nitrogen and oxygen atoms in total. The summed E-state index contributed by atoms with van der Waals surface area (Å²) in [5.74, 6) is -0.336. The summed E-state index contributed by atoms with van der Waals surface area (Å²) in [6.07, 6.45) is 1.00. The largest absolute Gasteiger partial charge is 0.507 e. The summed E-state index contributed by atoms with van der Waals surface area (Å²) in [5.41, 5.74) is -0.213. The monoisotopic (exact) mass is 234 g/mol. The van der Waals surface area contributed by atoms with Gasteiger partial charge in [0.2, 0.25) is 0 Å². The molecule has 0 atom stereocenters. The zero-order valence-corrected chi connectivity index (χ0v) is 8.76. The van der Waals surface area contributed by atoms with Crippen LogP contribution in [0.15, 0.2) is 23.1 Å². The van der Waals surface area contributed by atoms with Gasteiger partial charge in [-0.05, 0) is 29.8 Å². The van der Waals surface area contributed by atoms with Crippen LogP contribution in [0.5, 0.6) is 5.75 Å². The molecule has 0 spiro atoms. The van der Waals surface area contributed by atoms with E-state index >= 15 is 0 Å². The van der Waals surface area contributed by atoms with Gasteiger partial charge in [0.15, 0.2) is 9.84 Å². The molecular weight excluding hydrogens is 228 g/mol. The van der Waals surface area contributed by atoms with Crippen molar-refractivity contribution in [2.45, 2.75) is 4.90 Å². The van der Waals surface area contributed by atoms with Crippen LogP contribution >= 0.6 is 11.6 Å². The van der Waals surface area contributed by atoms with E-state index in [1.807, 2.05) is 0 Å². The summed E-state index contributed by atoms with van der Waals surface area (Å²) >= 11 is 5.14. The van der Waals surface area contributed by atoms with Crippen LogP contribution in [0.2, 0.25) is 0 Å². The molecule has 1 N–H and O–H groups in total. The number of carbonyl (C=O) groups excluding carboxylic acids is 1. The van der Waals surface area contributed by atoms with Crippen LogP contribution < -0.4 is 0 Å². The van der Waals surface area contributed by atoms with Crippen LogP contribution in [0.3, 0.4) is 0 Å². The van der Waals surface area contributed by atoms with Gasteiger partial charge in [-0.3, -0.25) is 4.79 Å². The highest BCUT2D eigenvalue weighted by Crippen LogP contribution is 2.22. The average Bonchev–Trinajstić information content (AvgIpc) is 2.02. The second-order valence-corrected chi connectivity index (χ2v) is 5.08. The third-order valence-electron chi connectivity index (χ3n) is 1.61. The molecule has 0 saturated heterocycles. The van der Waals surface area contributed by atoms with Gasteiger partial charge in [0, 0.05) is 6.26 Å². The summed E-state index contributed by atoms with van der Waals surface area (Å²) in [6.45, 7) is 0. The fourth-order valence-corrected chi connectivity index (χ4v) is 1.70. The minimum absolute atomic E-state index is 0.0562. The highest BCUT2D eigenvalue weighted by Gasteiger charge is 2.14. The van der Waals surface area contributed by atoms with Crippen LogP contribution in [-0.4, -0.2) is 25.0 Å². The van der Waals surface area contributed by atoms with E-state index in [0.717, 1.165) is 18.4 Å². The summed E-state index contributed by atoms with van der Waals surface area (Å²) in [5, 5.41) is 8.28. The number of hydrogen-bond donors (Lipinski definition) is 1. The fourth-order valence-electron chi connectivity index (χ4n) is 0.903. The van der Waals surface area contributed by atoms with Crippen molar-refractivity contribution >= 4 is 26.7 Å². The first-order valence-corrected chi connectivity index (χ1v) is 5.82. The van der Waals surface area contributed by atoms with Crippen molar-refractivity contribution in [3.05, 3.63) is 23.8 Å². The first-order valence-electron chi connectivity index (χ1n) is 3.55. The van der Waals surface area contributed by atoms with Crippen LogP contribution in [0, 0.1) is 0 Å². The Kier molecular flexibility index (Phi) is 2.82. The number of aromatic hydroxyl groups is 1. The lowest BCUT2D eigenvalue weighted by Crippen LogP contribution is -1.99. The lowest BCUT2D eigenvalue weighted by molar-refractivity contribution is 0.107. The normalized spacial score (nSPS) is 11.3. The maximum Gasteiger partial charge on any atom is 0.256 e. The van der Waals surface area contributed by atoms with Gasteiger partial charge in [-0.2, -0.15) is 0 Å². The first-order chi connectivity index (χ1) is 6.32.